The molecule has 108 valence electrons. The molecule has 1 aromatic heterocycles. The molecule has 3 nitrogen and oxygen atoms in total. The van der Waals surface area contributed by atoms with E-state index < -0.39 is 0 Å². The molecule has 3 aromatic rings. The molecule has 0 atom stereocenters. The van der Waals surface area contributed by atoms with Crippen LogP contribution in [0, 0.1) is 0 Å². The predicted octanol–water partition coefficient (Wildman–Crippen LogP) is 4.60. The number of nitrogens with zero attached hydrogens (tertiary/aromatic N) is 1. The lowest BCUT2D eigenvalue weighted by Crippen LogP contribution is -2.04. The highest BCUT2D eigenvalue weighted by atomic mass is 35.5. The molecule has 0 aliphatic heterocycles. The zero-order chi connectivity index (χ0) is 14.8. The molecular weight excluding hydrogens is 286 g/mol. The van der Waals surface area contributed by atoms with E-state index in [9.17, 15) is 5.11 Å². The number of fused-ring (bicyclic) bond motifs is 1. The van der Waals surface area contributed by atoms with E-state index in [4.69, 9.17) is 16.3 Å². The van der Waals surface area contributed by atoms with Crippen molar-refractivity contribution in [2.75, 3.05) is 0 Å². The van der Waals surface area contributed by atoms with Gasteiger partial charge in [-0.3, -0.25) is 0 Å². The highest BCUT2D eigenvalue weighted by Gasteiger charge is 2.09. The number of phenolic OH excluding ortho intramolecular Hbond substituents is 1. The van der Waals surface area contributed by atoms with Crippen molar-refractivity contribution in [1.82, 2.24) is 4.57 Å². The molecule has 21 heavy (non-hydrogen) atoms. The van der Waals surface area contributed by atoms with Gasteiger partial charge < -0.3 is 14.4 Å². The first-order valence-corrected chi connectivity index (χ1v) is 7.24. The van der Waals surface area contributed by atoms with E-state index in [0.717, 1.165) is 28.9 Å². The number of rotatable bonds is 4. The molecular formula is C17H16ClNO2. The van der Waals surface area contributed by atoms with Gasteiger partial charge in [-0.05, 0) is 49.4 Å². The van der Waals surface area contributed by atoms with Gasteiger partial charge in [-0.2, -0.15) is 0 Å². The molecule has 0 radical (unpaired) electrons. The second-order valence-corrected chi connectivity index (χ2v) is 5.31. The summed E-state index contributed by atoms with van der Waals surface area (Å²) in [5.74, 6) is 1.02. The number of benzene rings is 2. The maximum Gasteiger partial charge on any atom is 0.128 e. The number of ether oxygens (including phenoxy) is 1. The van der Waals surface area contributed by atoms with Crippen LogP contribution in [0.4, 0.5) is 0 Å². The van der Waals surface area contributed by atoms with Gasteiger partial charge in [0.25, 0.3) is 0 Å². The number of hydrogen-bond acceptors (Lipinski definition) is 2. The lowest BCUT2D eigenvalue weighted by Gasteiger charge is -2.10. The first-order valence-electron chi connectivity index (χ1n) is 6.87. The number of phenols is 1. The highest BCUT2D eigenvalue weighted by Crippen LogP contribution is 2.25. The van der Waals surface area contributed by atoms with E-state index in [-0.39, 0.29) is 5.75 Å². The Morgan fingerprint density at radius 2 is 2.00 bits per heavy atom. The topological polar surface area (TPSA) is 34.4 Å². The fourth-order valence-corrected chi connectivity index (χ4v) is 2.70. The molecule has 3 rings (SSSR count). The normalized spacial score (nSPS) is 11.0. The minimum atomic E-state index is 0.276. The Kier molecular flexibility index (Phi) is 3.76. The second kappa shape index (κ2) is 5.70. The van der Waals surface area contributed by atoms with Gasteiger partial charge in [0.05, 0.1) is 5.69 Å². The van der Waals surface area contributed by atoms with E-state index >= 15 is 0 Å². The Labute approximate surface area is 128 Å². The fourth-order valence-electron chi connectivity index (χ4n) is 2.52. The van der Waals surface area contributed by atoms with Crippen LogP contribution < -0.4 is 4.74 Å². The van der Waals surface area contributed by atoms with Gasteiger partial charge in [0, 0.05) is 22.5 Å². The first kappa shape index (κ1) is 13.8. The summed E-state index contributed by atoms with van der Waals surface area (Å²) in [6, 6.07) is 14.8. The third kappa shape index (κ3) is 2.83. The van der Waals surface area contributed by atoms with Crippen LogP contribution in [0.15, 0.2) is 48.5 Å². The third-order valence-corrected chi connectivity index (χ3v) is 3.70. The Hall–Kier alpha value is -2.13. The average Bonchev–Trinajstić information content (AvgIpc) is 2.81. The lowest BCUT2D eigenvalue weighted by atomic mass is 10.2. The molecule has 0 aliphatic carbocycles. The fraction of sp³-hybridized carbons (Fsp3) is 0.176. The van der Waals surface area contributed by atoms with E-state index in [0.29, 0.717) is 11.6 Å². The minimum Gasteiger partial charge on any atom is -0.508 e. The van der Waals surface area contributed by atoms with Crippen molar-refractivity contribution in [3.8, 4) is 11.5 Å². The monoisotopic (exact) mass is 301 g/mol. The van der Waals surface area contributed by atoms with E-state index in [1.807, 2.05) is 30.3 Å². The zero-order valence-electron chi connectivity index (χ0n) is 11.7. The van der Waals surface area contributed by atoms with Gasteiger partial charge in [0.1, 0.15) is 18.1 Å². The predicted molar refractivity (Wildman–Crippen MR) is 85.1 cm³/mol. The van der Waals surface area contributed by atoms with Gasteiger partial charge in [0.15, 0.2) is 0 Å². The molecule has 1 heterocycles. The van der Waals surface area contributed by atoms with Crippen LogP contribution in [-0.4, -0.2) is 9.67 Å². The number of aromatic hydroxyl groups is 1. The number of halogens is 1. The zero-order valence-corrected chi connectivity index (χ0v) is 12.5. The van der Waals surface area contributed by atoms with Crippen molar-refractivity contribution in [2.24, 2.45) is 0 Å². The van der Waals surface area contributed by atoms with Crippen molar-refractivity contribution >= 4 is 22.5 Å². The van der Waals surface area contributed by atoms with Crippen LogP contribution in [0.1, 0.15) is 12.6 Å². The van der Waals surface area contributed by atoms with E-state index in [1.54, 1.807) is 18.2 Å². The van der Waals surface area contributed by atoms with E-state index in [1.165, 1.54) is 0 Å². The maximum atomic E-state index is 9.59. The average molecular weight is 302 g/mol. The van der Waals surface area contributed by atoms with Crippen molar-refractivity contribution in [3.63, 3.8) is 0 Å². The van der Waals surface area contributed by atoms with Crippen molar-refractivity contribution in [3.05, 3.63) is 59.2 Å². The molecule has 0 saturated heterocycles. The van der Waals surface area contributed by atoms with Gasteiger partial charge >= 0.3 is 0 Å². The van der Waals surface area contributed by atoms with Gasteiger partial charge in [-0.15, -0.1) is 0 Å². The third-order valence-electron chi connectivity index (χ3n) is 3.47. The summed E-state index contributed by atoms with van der Waals surface area (Å²) < 4.78 is 7.99. The van der Waals surface area contributed by atoms with Crippen LogP contribution in [0.5, 0.6) is 11.5 Å². The second-order valence-electron chi connectivity index (χ2n) is 4.87. The van der Waals surface area contributed by atoms with Crippen LogP contribution in [0.2, 0.25) is 5.02 Å². The Morgan fingerprint density at radius 3 is 2.76 bits per heavy atom. The molecule has 0 saturated carbocycles. The van der Waals surface area contributed by atoms with Crippen LogP contribution in [0.25, 0.3) is 10.9 Å². The summed E-state index contributed by atoms with van der Waals surface area (Å²) in [5, 5.41) is 11.3. The first-order chi connectivity index (χ1) is 10.2. The van der Waals surface area contributed by atoms with Crippen LogP contribution >= 0.6 is 11.6 Å². The van der Waals surface area contributed by atoms with E-state index in [2.05, 4.69) is 11.5 Å². The summed E-state index contributed by atoms with van der Waals surface area (Å²) >= 11 is 5.95. The maximum absolute atomic E-state index is 9.59. The molecule has 0 unspecified atom stereocenters. The number of hydrogen-bond donors (Lipinski definition) is 1. The summed E-state index contributed by atoms with van der Waals surface area (Å²) in [4.78, 5) is 0. The minimum absolute atomic E-state index is 0.276. The molecule has 0 fully saturated rings. The molecule has 0 spiro atoms. The molecule has 0 amide bonds. The van der Waals surface area contributed by atoms with Gasteiger partial charge in [-0.25, -0.2) is 0 Å². The standard InChI is InChI=1S/C17H16ClNO2/c1-2-19-14(8-12-9-15(20)6-7-17(12)19)11-21-16-5-3-4-13(18)10-16/h3-10,20H,2,11H2,1H3. The van der Waals surface area contributed by atoms with Crippen molar-refractivity contribution in [1.29, 1.82) is 0 Å². The number of aromatic nitrogens is 1. The Bertz CT molecular complexity index is 780. The summed E-state index contributed by atoms with van der Waals surface area (Å²) in [7, 11) is 0. The van der Waals surface area contributed by atoms with Crippen LogP contribution in [-0.2, 0) is 13.2 Å². The van der Waals surface area contributed by atoms with Crippen LogP contribution in [0.3, 0.4) is 0 Å². The summed E-state index contributed by atoms with van der Waals surface area (Å²) in [6.07, 6.45) is 0. The van der Waals surface area contributed by atoms with Crippen molar-refractivity contribution < 1.29 is 9.84 Å². The summed E-state index contributed by atoms with van der Waals surface area (Å²) in [5.41, 5.74) is 2.16. The molecule has 2 aromatic carbocycles. The molecule has 1 N–H and O–H groups in total. The van der Waals surface area contributed by atoms with Crippen molar-refractivity contribution in [2.45, 2.75) is 20.1 Å². The lowest BCUT2D eigenvalue weighted by molar-refractivity contribution is 0.296. The SMILES string of the molecule is CCn1c(COc2cccc(Cl)c2)cc2cc(O)ccc21. The Balaban J connectivity index is 1.89. The van der Waals surface area contributed by atoms with Gasteiger partial charge in [-0.1, -0.05) is 17.7 Å². The largest absolute Gasteiger partial charge is 0.508 e. The molecule has 0 aliphatic rings. The van der Waals surface area contributed by atoms with Gasteiger partial charge in [0.2, 0.25) is 0 Å². The molecule has 0 bridgehead atoms. The quantitative estimate of drug-likeness (QED) is 0.764. The highest BCUT2D eigenvalue weighted by molar-refractivity contribution is 6.30. The summed E-state index contributed by atoms with van der Waals surface area (Å²) in [6.45, 7) is 3.40. The molecule has 4 heteroatoms. The number of aryl methyl sites for hydroxylation is 1. The smallest absolute Gasteiger partial charge is 0.128 e. The Morgan fingerprint density at radius 1 is 1.14 bits per heavy atom.